The van der Waals surface area contributed by atoms with Gasteiger partial charge in [-0.1, -0.05) is 43.2 Å². The third-order valence-electron chi connectivity index (χ3n) is 9.18. The Morgan fingerprint density at radius 2 is 2.03 bits per heavy atom. The number of pyridine rings is 1. The first-order valence-corrected chi connectivity index (χ1v) is 11.2. The molecule has 5 aliphatic rings. The van der Waals surface area contributed by atoms with Gasteiger partial charge in [0.05, 0.1) is 0 Å². The number of carbonyl (C=O) groups is 1. The SMILES string of the molecule is CN1CCC2(C)C(=CC1=O)C1CC1C1C3=CC=C(c4cccnc4)C3(C)CCC12. The molecular weight excluding hydrogens is 356 g/mol. The second-order valence-corrected chi connectivity index (χ2v) is 10.5. The van der Waals surface area contributed by atoms with Gasteiger partial charge in [-0.05, 0) is 72.0 Å². The van der Waals surface area contributed by atoms with Crippen LogP contribution in [0.15, 0.2) is 53.9 Å². The molecule has 1 aromatic heterocycles. The summed E-state index contributed by atoms with van der Waals surface area (Å²) in [6, 6.07) is 4.26. The maximum Gasteiger partial charge on any atom is 0.246 e. The second-order valence-electron chi connectivity index (χ2n) is 10.5. The van der Waals surface area contributed by atoms with Crippen molar-refractivity contribution in [3.63, 3.8) is 0 Å². The molecule has 3 nitrogen and oxygen atoms in total. The number of nitrogens with zero attached hydrogens (tertiary/aromatic N) is 2. The standard InChI is InChI=1S/C26H30N2O/c1-25-9-8-21-24(20(25)7-6-19(25)16-5-4-11-27-15-16)18-13-17(18)22-14-23(29)28(3)12-10-26(21,22)2/h4-7,11,14-15,17-18,21,24H,8-10,12-13H2,1-3H3. The van der Waals surface area contributed by atoms with Gasteiger partial charge in [0.15, 0.2) is 0 Å². The van der Waals surface area contributed by atoms with E-state index in [9.17, 15) is 4.79 Å². The fourth-order valence-electron chi connectivity index (χ4n) is 7.44. The molecule has 6 rings (SSSR count). The van der Waals surface area contributed by atoms with E-state index in [1.807, 2.05) is 30.4 Å². The van der Waals surface area contributed by atoms with Crippen LogP contribution >= 0.6 is 0 Å². The van der Waals surface area contributed by atoms with Crippen LogP contribution in [0.3, 0.4) is 0 Å². The van der Waals surface area contributed by atoms with Crippen molar-refractivity contribution >= 4 is 11.5 Å². The molecule has 0 spiro atoms. The van der Waals surface area contributed by atoms with E-state index in [1.165, 1.54) is 36.0 Å². The Morgan fingerprint density at radius 1 is 1.17 bits per heavy atom. The molecule has 6 unspecified atom stereocenters. The van der Waals surface area contributed by atoms with Crippen molar-refractivity contribution in [3.05, 3.63) is 59.5 Å². The van der Waals surface area contributed by atoms with Gasteiger partial charge in [0.1, 0.15) is 0 Å². The van der Waals surface area contributed by atoms with E-state index >= 15 is 0 Å². The predicted octanol–water partition coefficient (Wildman–Crippen LogP) is 4.88. The van der Waals surface area contributed by atoms with Crippen molar-refractivity contribution in [2.75, 3.05) is 13.6 Å². The van der Waals surface area contributed by atoms with Crippen molar-refractivity contribution in [2.24, 2.45) is 34.5 Å². The van der Waals surface area contributed by atoms with Crippen LogP contribution in [-0.2, 0) is 4.79 Å². The molecule has 0 radical (unpaired) electrons. The van der Waals surface area contributed by atoms with Gasteiger partial charge in [-0.3, -0.25) is 9.78 Å². The molecule has 3 fully saturated rings. The number of likely N-dealkylation sites (N-methyl/N-ethyl adjacent to an activating group) is 1. The predicted molar refractivity (Wildman–Crippen MR) is 115 cm³/mol. The molecule has 1 aromatic rings. The van der Waals surface area contributed by atoms with Gasteiger partial charge >= 0.3 is 0 Å². The van der Waals surface area contributed by atoms with Crippen LogP contribution in [0.5, 0.6) is 0 Å². The first kappa shape index (κ1) is 17.7. The first-order chi connectivity index (χ1) is 13.9. The molecule has 3 saturated carbocycles. The summed E-state index contributed by atoms with van der Waals surface area (Å²) in [5, 5.41) is 0. The van der Waals surface area contributed by atoms with Gasteiger partial charge in [0, 0.05) is 37.5 Å². The highest BCUT2D eigenvalue weighted by Gasteiger charge is 2.64. The normalized spacial score (nSPS) is 42.5. The Hall–Kier alpha value is -2.16. The molecule has 6 atom stereocenters. The minimum absolute atomic E-state index is 0.145. The van der Waals surface area contributed by atoms with Crippen molar-refractivity contribution in [1.82, 2.24) is 9.88 Å². The second kappa shape index (κ2) is 5.71. The topological polar surface area (TPSA) is 33.2 Å². The van der Waals surface area contributed by atoms with Crippen LogP contribution in [0, 0.1) is 34.5 Å². The lowest BCUT2D eigenvalue weighted by molar-refractivity contribution is -0.124. The molecule has 0 bridgehead atoms. The summed E-state index contributed by atoms with van der Waals surface area (Å²) in [7, 11) is 1.96. The van der Waals surface area contributed by atoms with Crippen molar-refractivity contribution in [1.29, 1.82) is 0 Å². The van der Waals surface area contributed by atoms with E-state index < -0.39 is 0 Å². The molecule has 3 heteroatoms. The van der Waals surface area contributed by atoms with Crippen LogP contribution < -0.4 is 0 Å². The quantitative estimate of drug-likeness (QED) is 0.689. The number of allylic oxidation sites excluding steroid dienone is 5. The van der Waals surface area contributed by atoms with Gasteiger partial charge in [0.2, 0.25) is 5.91 Å². The summed E-state index contributed by atoms with van der Waals surface area (Å²) >= 11 is 0. The number of carbonyl (C=O) groups excluding carboxylic acids is 1. The van der Waals surface area contributed by atoms with E-state index in [1.54, 1.807) is 5.57 Å². The van der Waals surface area contributed by atoms with Crippen molar-refractivity contribution in [3.8, 4) is 0 Å². The van der Waals surface area contributed by atoms with Crippen LogP contribution in [0.4, 0.5) is 0 Å². The van der Waals surface area contributed by atoms with Gasteiger partial charge in [-0.25, -0.2) is 0 Å². The Labute approximate surface area is 173 Å². The smallest absolute Gasteiger partial charge is 0.246 e. The summed E-state index contributed by atoms with van der Waals surface area (Å²) in [4.78, 5) is 18.9. The number of aromatic nitrogens is 1. The zero-order valence-corrected chi connectivity index (χ0v) is 17.7. The zero-order chi connectivity index (χ0) is 20.0. The molecule has 29 heavy (non-hydrogen) atoms. The Balaban J connectivity index is 1.40. The van der Waals surface area contributed by atoms with Gasteiger partial charge in [0.25, 0.3) is 0 Å². The maximum atomic E-state index is 12.6. The minimum atomic E-state index is 0.145. The van der Waals surface area contributed by atoms with Crippen LogP contribution in [0.2, 0.25) is 0 Å². The molecule has 1 amide bonds. The maximum absolute atomic E-state index is 12.6. The van der Waals surface area contributed by atoms with Gasteiger partial charge < -0.3 is 4.90 Å². The lowest BCUT2D eigenvalue weighted by atomic mass is 9.49. The molecule has 0 aromatic carbocycles. The molecular formula is C26H30N2O. The van der Waals surface area contributed by atoms with Crippen molar-refractivity contribution < 1.29 is 4.79 Å². The van der Waals surface area contributed by atoms with Gasteiger partial charge in [-0.15, -0.1) is 0 Å². The molecule has 0 saturated heterocycles. The Kier molecular flexibility index (Phi) is 3.48. The summed E-state index contributed by atoms with van der Waals surface area (Å²) < 4.78 is 0. The minimum Gasteiger partial charge on any atom is -0.342 e. The highest BCUT2D eigenvalue weighted by atomic mass is 16.2. The number of fused-ring (bicyclic) bond motifs is 8. The Bertz CT molecular complexity index is 989. The lowest BCUT2D eigenvalue weighted by Crippen LogP contribution is -2.47. The van der Waals surface area contributed by atoms with Crippen LogP contribution in [0.25, 0.3) is 5.57 Å². The fourth-order valence-corrected chi connectivity index (χ4v) is 7.44. The molecule has 4 aliphatic carbocycles. The summed E-state index contributed by atoms with van der Waals surface area (Å²) in [6.45, 7) is 5.83. The lowest BCUT2D eigenvalue weighted by Gasteiger charge is -2.54. The number of amides is 1. The zero-order valence-electron chi connectivity index (χ0n) is 17.7. The number of hydrogen-bond donors (Lipinski definition) is 0. The largest absolute Gasteiger partial charge is 0.342 e. The van der Waals surface area contributed by atoms with Crippen LogP contribution in [0.1, 0.15) is 45.1 Å². The average Bonchev–Trinajstić information content (AvgIpc) is 3.44. The summed E-state index contributed by atoms with van der Waals surface area (Å²) in [5.41, 5.74) is 6.20. The van der Waals surface area contributed by atoms with E-state index in [-0.39, 0.29) is 16.7 Å². The van der Waals surface area contributed by atoms with E-state index in [0.29, 0.717) is 17.8 Å². The summed E-state index contributed by atoms with van der Waals surface area (Å²) in [6.07, 6.45) is 15.6. The summed E-state index contributed by atoms with van der Waals surface area (Å²) in [5.74, 6) is 2.92. The molecule has 1 aliphatic heterocycles. The monoisotopic (exact) mass is 386 g/mol. The Morgan fingerprint density at radius 3 is 2.83 bits per heavy atom. The number of hydrogen-bond acceptors (Lipinski definition) is 2. The van der Waals surface area contributed by atoms with Gasteiger partial charge in [-0.2, -0.15) is 0 Å². The van der Waals surface area contributed by atoms with E-state index in [4.69, 9.17) is 0 Å². The third kappa shape index (κ3) is 2.25. The van der Waals surface area contributed by atoms with E-state index in [2.05, 4.69) is 43.1 Å². The highest BCUT2D eigenvalue weighted by molar-refractivity contribution is 5.89. The number of rotatable bonds is 1. The average molecular weight is 387 g/mol. The molecule has 0 N–H and O–H groups in total. The van der Waals surface area contributed by atoms with E-state index in [0.717, 1.165) is 18.9 Å². The highest BCUT2D eigenvalue weighted by Crippen LogP contribution is 2.73. The first-order valence-electron chi connectivity index (χ1n) is 11.2. The third-order valence-corrected chi connectivity index (χ3v) is 9.18. The molecule has 150 valence electrons. The van der Waals surface area contributed by atoms with Crippen molar-refractivity contribution in [2.45, 2.75) is 39.5 Å². The van der Waals surface area contributed by atoms with Crippen LogP contribution in [-0.4, -0.2) is 29.4 Å². The molecule has 2 heterocycles. The fraction of sp³-hybridized carbons (Fsp3) is 0.538.